The Balaban J connectivity index is 1.55. The highest BCUT2D eigenvalue weighted by Gasteiger charge is 2.23. The summed E-state index contributed by atoms with van der Waals surface area (Å²) < 4.78 is 12.9. The maximum atomic E-state index is 12.6. The molecule has 0 saturated carbocycles. The molecule has 0 unspecified atom stereocenters. The lowest BCUT2D eigenvalue weighted by Gasteiger charge is -2.09. The molecular formula is C18H17ClN4O5. The highest BCUT2D eigenvalue weighted by molar-refractivity contribution is 6.30. The van der Waals surface area contributed by atoms with Crippen molar-refractivity contribution < 1.29 is 14.4 Å². The average Bonchev–Trinajstić information content (AvgIpc) is 3.34. The van der Waals surface area contributed by atoms with E-state index < -0.39 is 17.4 Å². The molecule has 0 amide bonds. The second-order valence-electron chi connectivity index (χ2n) is 6.53. The van der Waals surface area contributed by atoms with Crippen LogP contribution in [-0.4, -0.2) is 24.4 Å². The topological polar surface area (TPSA) is 112 Å². The molecule has 3 heterocycles. The van der Waals surface area contributed by atoms with Crippen molar-refractivity contribution in [2.45, 2.75) is 32.3 Å². The lowest BCUT2D eigenvalue weighted by molar-refractivity contribution is 0.131. The monoisotopic (exact) mass is 404 g/mol. The molecule has 1 N–H and O–H groups in total. The largest absolute Gasteiger partial charge is 0.388 e. The fourth-order valence-electron chi connectivity index (χ4n) is 3.14. The van der Waals surface area contributed by atoms with E-state index in [2.05, 4.69) is 10.1 Å². The predicted molar refractivity (Wildman–Crippen MR) is 98.0 cm³/mol. The van der Waals surface area contributed by atoms with E-state index in [0.717, 1.165) is 4.57 Å². The number of fused-ring (bicyclic) bond motifs is 1. The van der Waals surface area contributed by atoms with Gasteiger partial charge in [0.25, 0.3) is 5.56 Å². The summed E-state index contributed by atoms with van der Waals surface area (Å²) in [5, 5.41) is 14.7. The average molecular weight is 405 g/mol. The zero-order valence-corrected chi connectivity index (χ0v) is 15.7. The standard InChI is InChI=1S/C18H17ClN4O5/c1-22-13-9-27-8-12(13)17(25)23(18(22)26)7-16-20-15(21-28-16)6-14(24)10-2-4-11(19)5-3-10/h2-5,14,24H,6-9H2,1H3/t14-/m0/s1. The quantitative estimate of drug-likeness (QED) is 0.673. The fourth-order valence-corrected chi connectivity index (χ4v) is 3.26. The third kappa shape index (κ3) is 3.39. The van der Waals surface area contributed by atoms with Crippen molar-refractivity contribution in [3.05, 3.63) is 78.7 Å². The second kappa shape index (κ2) is 7.34. The summed E-state index contributed by atoms with van der Waals surface area (Å²) in [4.78, 5) is 29.2. The van der Waals surface area contributed by atoms with Gasteiger partial charge in [-0.1, -0.05) is 28.9 Å². The van der Waals surface area contributed by atoms with Crippen LogP contribution in [0.2, 0.25) is 5.02 Å². The van der Waals surface area contributed by atoms with Gasteiger partial charge in [0, 0.05) is 18.5 Å². The highest BCUT2D eigenvalue weighted by atomic mass is 35.5. The molecule has 4 rings (SSSR count). The van der Waals surface area contributed by atoms with Gasteiger partial charge in [-0.05, 0) is 17.7 Å². The van der Waals surface area contributed by atoms with Crippen molar-refractivity contribution >= 4 is 11.6 Å². The van der Waals surface area contributed by atoms with Gasteiger partial charge in [-0.3, -0.25) is 13.9 Å². The van der Waals surface area contributed by atoms with Crippen LogP contribution in [0, 0.1) is 0 Å². The van der Waals surface area contributed by atoms with Gasteiger partial charge in [-0.2, -0.15) is 4.98 Å². The van der Waals surface area contributed by atoms with Crippen LogP contribution >= 0.6 is 11.6 Å². The van der Waals surface area contributed by atoms with Gasteiger partial charge in [0.05, 0.1) is 30.6 Å². The van der Waals surface area contributed by atoms with Gasteiger partial charge in [-0.25, -0.2) is 4.79 Å². The number of benzene rings is 1. The first kappa shape index (κ1) is 18.6. The van der Waals surface area contributed by atoms with E-state index in [1.807, 2.05) is 0 Å². The minimum Gasteiger partial charge on any atom is -0.388 e. The Bertz CT molecular complexity index is 1130. The number of hydrogen-bond donors (Lipinski definition) is 1. The molecule has 3 aromatic rings. The van der Waals surface area contributed by atoms with Crippen molar-refractivity contribution in [3.63, 3.8) is 0 Å². The third-order valence-electron chi connectivity index (χ3n) is 4.69. The highest BCUT2D eigenvalue weighted by Crippen LogP contribution is 2.19. The van der Waals surface area contributed by atoms with Gasteiger partial charge >= 0.3 is 5.69 Å². The van der Waals surface area contributed by atoms with Crippen molar-refractivity contribution in [2.75, 3.05) is 0 Å². The maximum Gasteiger partial charge on any atom is 0.331 e. The summed E-state index contributed by atoms with van der Waals surface area (Å²) in [7, 11) is 1.59. The number of rotatable bonds is 5. The summed E-state index contributed by atoms with van der Waals surface area (Å²) >= 11 is 5.84. The van der Waals surface area contributed by atoms with Crippen LogP contribution in [-0.2, 0) is 38.0 Å². The Kier molecular flexibility index (Phi) is 4.88. The van der Waals surface area contributed by atoms with Crippen molar-refractivity contribution in [3.8, 4) is 0 Å². The lowest BCUT2D eigenvalue weighted by atomic mass is 10.1. The first-order valence-electron chi connectivity index (χ1n) is 8.58. The Morgan fingerprint density at radius 3 is 2.75 bits per heavy atom. The molecule has 1 aliphatic rings. The first-order valence-corrected chi connectivity index (χ1v) is 8.96. The molecule has 0 saturated heterocycles. The van der Waals surface area contributed by atoms with E-state index in [0.29, 0.717) is 21.8 Å². The van der Waals surface area contributed by atoms with E-state index in [4.69, 9.17) is 20.9 Å². The summed E-state index contributed by atoms with van der Waals surface area (Å²) in [5.74, 6) is 0.378. The maximum absolute atomic E-state index is 12.6. The number of hydrogen-bond acceptors (Lipinski definition) is 7. The summed E-state index contributed by atoms with van der Waals surface area (Å²) in [5.41, 5.74) is 0.815. The van der Waals surface area contributed by atoms with Gasteiger partial charge in [-0.15, -0.1) is 0 Å². The second-order valence-corrected chi connectivity index (χ2v) is 6.96. The number of aromatic nitrogens is 4. The number of halogens is 1. The van der Waals surface area contributed by atoms with Crippen LogP contribution < -0.4 is 11.2 Å². The third-order valence-corrected chi connectivity index (χ3v) is 4.95. The van der Waals surface area contributed by atoms with E-state index in [-0.39, 0.29) is 37.9 Å². The molecule has 2 aromatic heterocycles. The lowest BCUT2D eigenvalue weighted by Crippen LogP contribution is -2.42. The zero-order chi connectivity index (χ0) is 19.8. The molecule has 9 nitrogen and oxygen atoms in total. The van der Waals surface area contributed by atoms with E-state index >= 15 is 0 Å². The van der Waals surface area contributed by atoms with Gasteiger partial charge < -0.3 is 14.4 Å². The van der Waals surface area contributed by atoms with Crippen LogP contribution in [0.5, 0.6) is 0 Å². The molecule has 0 fully saturated rings. The minimum absolute atomic E-state index is 0.108. The molecule has 28 heavy (non-hydrogen) atoms. The number of aliphatic hydroxyl groups is 1. The molecule has 0 aliphatic carbocycles. The van der Waals surface area contributed by atoms with Crippen LogP contribution in [0.3, 0.4) is 0 Å². The molecule has 0 radical (unpaired) electrons. The zero-order valence-electron chi connectivity index (χ0n) is 15.0. The van der Waals surface area contributed by atoms with Crippen molar-refractivity contribution in [1.29, 1.82) is 0 Å². The number of nitrogens with zero attached hydrogens (tertiary/aromatic N) is 4. The molecule has 1 aromatic carbocycles. The molecule has 1 atom stereocenters. The van der Waals surface area contributed by atoms with E-state index in [9.17, 15) is 14.7 Å². The molecule has 146 valence electrons. The van der Waals surface area contributed by atoms with Gasteiger partial charge in [0.1, 0.15) is 6.54 Å². The SMILES string of the molecule is Cn1c2c(c(=O)n(Cc3nc(C[C@H](O)c4ccc(Cl)cc4)no3)c1=O)COC2. The summed E-state index contributed by atoms with van der Waals surface area (Å²) in [6, 6.07) is 6.79. The van der Waals surface area contributed by atoms with Crippen LogP contribution in [0.15, 0.2) is 38.4 Å². The Labute approximate surface area is 163 Å². The van der Waals surface area contributed by atoms with Gasteiger partial charge in [0.15, 0.2) is 5.82 Å². The smallest absolute Gasteiger partial charge is 0.331 e. The Morgan fingerprint density at radius 1 is 1.25 bits per heavy atom. The van der Waals surface area contributed by atoms with Crippen molar-refractivity contribution in [2.24, 2.45) is 7.05 Å². The summed E-state index contributed by atoms with van der Waals surface area (Å²) in [6.07, 6.45) is -0.716. The minimum atomic E-state index is -0.838. The van der Waals surface area contributed by atoms with E-state index in [1.165, 1.54) is 4.57 Å². The molecule has 0 bridgehead atoms. The van der Waals surface area contributed by atoms with Crippen molar-refractivity contribution in [1.82, 2.24) is 19.3 Å². The molecular weight excluding hydrogens is 388 g/mol. The molecule has 10 heteroatoms. The molecule has 1 aliphatic heterocycles. The Morgan fingerprint density at radius 2 is 2.00 bits per heavy atom. The fraction of sp³-hybridized carbons (Fsp3) is 0.333. The predicted octanol–water partition coefficient (Wildman–Crippen LogP) is 0.938. The van der Waals surface area contributed by atoms with Crippen LogP contribution in [0.25, 0.3) is 0 Å². The van der Waals surface area contributed by atoms with Crippen LogP contribution in [0.1, 0.15) is 34.6 Å². The summed E-state index contributed by atoms with van der Waals surface area (Å²) in [6.45, 7) is 0.262. The van der Waals surface area contributed by atoms with E-state index in [1.54, 1.807) is 31.3 Å². The number of aliphatic hydroxyl groups excluding tert-OH is 1. The van der Waals surface area contributed by atoms with Crippen LogP contribution in [0.4, 0.5) is 0 Å². The number of ether oxygens (including phenoxy) is 1. The molecule has 0 spiro atoms. The Hall–Kier alpha value is -2.75. The normalized spacial score (nSPS) is 14.2. The first-order chi connectivity index (χ1) is 13.4. The van der Waals surface area contributed by atoms with Gasteiger partial charge in [0.2, 0.25) is 5.89 Å².